The van der Waals surface area contributed by atoms with E-state index in [1.54, 1.807) is 36.4 Å². The summed E-state index contributed by atoms with van der Waals surface area (Å²) in [5.74, 6) is -0.590. The van der Waals surface area contributed by atoms with Gasteiger partial charge in [-0.2, -0.15) is 4.99 Å². The molecule has 0 atom stereocenters. The Balaban J connectivity index is 2.08. The minimum atomic E-state index is -0.314. The van der Waals surface area contributed by atoms with Gasteiger partial charge in [-0.05, 0) is 67.9 Å². The summed E-state index contributed by atoms with van der Waals surface area (Å²) in [6.07, 6.45) is 0. The van der Waals surface area contributed by atoms with Crippen molar-refractivity contribution < 1.29 is 9.18 Å². The SMILES string of the molecule is CCn1c(-c2ccc(F)cc2)c(C)sc1=NC(=O)c1ccc(Cl)cc1. The molecule has 0 aliphatic heterocycles. The second kappa shape index (κ2) is 7.33. The molecule has 1 heterocycles. The van der Waals surface area contributed by atoms with Gasteiger partial charge in [0.2, 0.25) is 0 Å². The van der Waals surface area contributed by atoms with E-state index in [-0.39, 0.29) is 11.7 Å². The fourth-order valence-corrected chi connectivity index (χ4v) is 3.80. The molecule has 0 saturated heterocycles. The zero-order chi connectivity index (χ0) is 18.0. The van der Waals surface area contributed by atoms with Crippen LogP contribution in [0.1, 0.15) is 22.2 Å². The molecule has 0 unspecified atom stereocenters. The van der Waals surface area contributed by atoms with Gasteiger partial charge >= 0.3 is 0 Å². The third kappa shape index (κ3) is 3.72. The molecule has 3 nitrogen and oxygen atoms in total. The predicted molar refractivity (Wildman–Crippen MR) is 99.5 cm³/mol. The molecular weight excluding hydrogens is 359 g/mol. The topological polar surface area (TPSA) is 34.4 Å². The molecule has 0 aliphatic carbocycles. The van der Waals surface area contributed by atoms with E-state index >= 15 is 0 Å². The minimum absolute atomic E-state index is 0.275. The van der Waals surface area contributed by atoms with Gasteiger partial charge in [-0.15, -0.1) is 11.3 Å². The van der Waals surface area contributed by atoms with Gasteiger partial charge in [-0.1, -0.05) is 11.6 Å². The molecule has 0 saturated carbocycles. The molecular formula is C19H16ClFN2OS. The van der Waals surface area contributed by atoms with Crippen LogP contribution in [0.2, 0.25) is 5.02 Å². The van der Waals surface area contributed by atoms with E-state index in [1.807, 2.05) is 18.4 Å². The van der Waals surface area contributed by atoms with Crippen molar-refractivity contribution in [2.75, 3.05) is 0 Å². The van der Waals surface area contributed by atoms with Gasteiger partial charge < -0.3 is 4.57 Å². The second-order valence-corrected chi connectivity index (χ2v) is 7.08. The maximum atomic E-state index is 13.2. The molecule has 0 spiro atoms. The first-order valence-corrected chi connectivity index (χ1v) is 9.00. The predicted octanol–water partition coefficient (Wildman–Crippen LogP) is 5.08. The van der Waals surface area contributed by atoms with Crippen molar-refractivity contribution in [3.8, 4) is 11.3 Å². The number of amides is 1. The maximum Gasteiger partial charge on any atom is 0.279 e. The van der Waals surface area contributed by atoms with Gasteiger partial charge in [0.05, 0.1) is 5.69 Å². The zero-order valence-corrected chi connectivity index (χ0v) is 15.4. The van der Waals surface area contributed by atoms with Crippen molar-refractivity contribution in [2.24, 2.45) is 4.99 Å². The van der Waals surface area contributed by atoms with E-state index in [9.17, 15) is 9.18 Å². The van der Waals surface area contributed by atoms with Gasteiger partial charge in [-0.3, -0.25) is 4.79 Å². The third-order valence-corrected chi connectivity index (χ3v) is 5.05. The first-order valence-electron chi connectivity index (χ1n) is 7.80. The molecule has 3 aromatic rings. The smallest absolute Gasteiger partial charge is 0.279 e. The molecule has 0 N–H and O–H groups in total. The van der Waals surface area contributed by atoms with Gasteiger partial charge in [0.1, 0.15) is 5.82 Å². The molecule has 0 fully saturated rings. The van der Waals surface area contributed by atoms with Gasteiger partial charge in [0, 0.05) is 22.0 Å². The quantitative estimate of drug-likeness (QED) is 0.629. The summed E-state index contributed by atoms with van der Waals surface area (Å²) in [5.41, 5.74) is 2.34. The van der Waals surface area contributed by atoms with Crippen LogP contribution in [-0.4, -0.2) is 10.5 Å². The molecule has 1 aromatic heterocycles. The average Bonchev–Trinajstić information content (AvgIpc) is 2.91. The number of aromatic nitrogens is 1. The standard InChI is InChI=1S/C19H16ClFN2OS/c1-3-23-17(13-6-10-16(21)11-7-13)12(2)25-19(23)22-18(24)14-4-8-15(20)9-5-14/h4-11H,3H2,1-2H3. The van der Waals surface area contributed by atoms with Crippen molar-refractivity contribution in [3.05, 3.63) is 74.6 Å². The molecule has 128 valence electrons. The van der Waals surface area contributed by atoms with E-state index in [4.69, 9.17) is 11.6 Å². The zero-order valence-electron chi connectivity index (χ0n) is 13.8. The van der Waals surface area contributed by atoms with Gasteiger partial charge in [-0.25, -0.2) is 4.39 Å². The summed E-state index contributed by atoms with van der Waals surface area (Å²) >= 11 is 7.30. The van der Waals surface area contributed by atoms with Crippen LogP contribution in [0.5, 0.6) is 0 Å². The lowest BCUT2D eigenvalue weighted by Gasteiger charge is -2.07. The highest BCUT2D eigenvalue weighted by Gasteiger charge is 2.13. The number of carbonyl (C=O) groups excluding carboxylic acids is 1. The fourth-order valence-electron chi connectivity index (χ4n) is 2.61. The summed E-state index contributed by atoms with van der Waals surface area (Å²) < 4.78 is 15.2. The highest BCUT2D eigenvalue weighted by atomic mass is 35.5. The largest absolute Gasteiger partial charge is 0.316 e. The summed E-state index contributed by atoms with van der Waals surface area (Å²) in [6.45, 7) is 4.62. The lowest BCUT2D eigenvalue weighted by Crippen LogP contribution is -2.17. The molecule has 2 aromatic carbocycles. The van der Waals surface area contributed by atoms with Crippen molar-refractivity contribution >= 4 is 28.8 Å². The van der Waals surface area contributed by atoms with Crippen LogP contribution in [0.25, 0.3) is 11.3 Å². The van der Waals surface area contributed by atoms with E-state index in [0.717, 1.165) is 16.1 Å². The monoisotopic (exact) mass is 374 g/mol. The summed E-state index contributed by atoms with van der Waals surface area (Å²) in [7, 11) is 0. The van der Waals surface area contributed by atoms with Crippen LogP contribution in [0, 0.1) is 12.7 Å². The number of benzene rings is 2. The number of hydrogen-bond donors (Lipinski definition) is 0. The van der Waals surface area contributed by atoms with E-state index in [0.29, 0.717) is 21.9 Å². The average molecular weight is 375 g/mol. The van der Waals surface area contributed by atoms with Crippen LogP contribution >= 0.6 is 22.9 Å². The Labute approximate surface area is 154 Å². The Kier molecular flexibility index (Phi) is 5.16. The van der Waals surface area contributed by atoms with Crippen LogP contribution in [0.3, 0.4) is 0 Å². The summed E-state index contributed by atoms with van der Waals surface area (Å²) in [6, 6.07) is 13.0. The first kappa shape index (κ1) is 17.6. The number of thiazole rings is 1. The number of hydrogen-bond acceptors (Lipinski definition) is 2. The van der Waals surface area contributed by atoms with Crippen molar-refractivity contribution in [1.29, 1.82) is 0 Å². The number of rotatable bonds is 3. The molecule has 3 rings (SSSR count). The Bertz CT molecular complexity index is 972. The molecule has 0 bridgehead atoms. The van der Waals surface area contributed by atoms with E-state index < -0.39 is 0 Å². The summed E-state index contributed by atoms with van der Waals surface area (Å²) in [4.78, 5) is 18.4. The second-order valence-electron chi connectivity index (χ2n) is 5.46. The van der Waals surface area contributed by atoms with Gasteiger partial charge in [0.25, 0.3) is 5.91 Å². The van der Waals surface area contributed by atoms with Crippen LogP contribution in [-0.2, 0) is 6.54 Å². The number of aryl methyl sites for hydroxylation is 1. The third-order valence-electron chi connectivity index (χ3n) is 3.80. The molecule has 0 aliphatic rings. The Morgan fingerprint density at radius 1 is 1.16 bits per heavy atom. The normalized spacial score (nSPS) is 11.8. The number of halogens is 2. The highest BCUT2D eigenvalue weighted by molar-refractivity contribution is 7.09. The first-order chi connectivity index (χ1) is 12.0. The molecule has 6 heteroatoms. The minimum Gasteiger partial charge on any atom is -0.316 e. The molecule has 0 radical (unpaired) electrons. The number of nitrogens with zero attached hydrogens (tertiary/aromatic N) is 2. The Morgan fingerprint density at radius 3 is 2.40 bits per heavy atom. The van der Waals surface area contributed by atoms with Crippen molar-refractivity contribution in [1.82, 2.24) is 4.57 Å². The van der Waals surface area contributed by atoms with Crippen molar-refractivity contribution in [2.45, 2.75) is 20.4 Å². The van der Waals surface area contributed by atoms with Crippen molar-refractivity contribution in [3.63, 3.8) is 0 Å². The Hall–Kier alpha value is -2.24. The Morgan fingerprint density at radius 2 is 1.80 bits per heavy atom. The lowest BCUT2D eigenvalue weighted by molar-refractivity contribution is 0.0998. The van der Waals surface area contributed by atoms with Crippen LogP contribution in [0.15, 0.2) is 53.5 Å². The highest BCUT2D eigenvalue weighted by Crippen LogP contribution is 2.25. The maximum absolute atomic E-state index is 13.2. The van der Waals surface area contributed by atoms with Crippen LogP contribution in [0.4, 0.5) is 4.39 Å². The molecule has 25 heavy (non-hydrogen) atoms. The van der Waals surface area contributed by atoms with Crippen LogP contribution < -0.4 is 4.80 Å². The lowest BCUT2D eigenvalue weighted by atomic mass is 10.1. The summed E-state index contributed by atoms with van der Waals surface area (Å²) in [5, 5.41) is 0.575. The number of carbonyl (C=O) groups is 1. The van der Waals surface area contributed by atoms with E-state index in [1.165, 1.54) is 23.5 Å². The van der Waals surface area contributed by atoms with Gasteiger partial charge in [0.15, 0.2) is 4.80 Å². The van der Waals surface area contributed by atoms with E-state index in [2.05, 4.69) is 4.99 Å². The molecule has 1 amide bonds. The fraction of sp³-hybridized carbons (Fsp3) is 0.158.